The number of hydrogen-bond acceptors (Lipinski definition) is 4. The van der Waals surface area contributed by atoms with Gasteiger partial charge < -0.3 is 15.2 Å². The van der Waals surface area contributed by atoms with Gasteiger partial charge in [-0.2, -0.15) is 11.8 Å². The average molecular weight is 189 g/mol. The van der Waals surface area contributed by atoms with Gasteiger partial charge in [0.2, 0.25) is 0 Å². The zero-order valence-electron chi connectivity index (χ0n) is 7.03. The predicted octanol–water partition coefficient (Wildman–Crippen LogP) is -0.301. The molecular weight excluding hydrogens is 174 g/mol. The Kier molecular flexibility index (Phi) is 2.91. The van der Waals surface area contributed by atoms with Crippen molar-refractivity contribution in [2.75, 3.05) is 32.1 Å². The predicted molar refractivity (Wildman–Crippen MR) is 49.4 cm³/mol. The van der Waals surface area contributed by atoms with E-state index >= 15 is 0 Å². The number of thioether (sulfide) groups is 1. The van der Waals surface area contributed by atoms with Crippen molar-refractivity contribution < 1.29 is 9.84 Å². The van der Waals surface area contributed by atoms with E-state index in [-0.39, 0.29) is 6.10 Å². The van der Waals surface area contributed by atoms with Gasteiger partial charge in [-0.15, -0.1) is 0 Å². The quantitative estimate of drug-likeness (QED) is 0.639. The van der Waals surface area contributed by atoms with E-state index < -0.39 is 0 Å². The maximum absolute atomic E-state index is 9.43. The molecule has 0 bridgehead atoms. The van der Waals surface area contributed by atoms with Crippen molar-refractivity contribution in [2.24, 2.45) is 5.92 Å². The minimum atomic E-state index is -0.233. The summed E-state index contributed by atoms with van der Waals surface area (Å²) in [7, 11) is 0. The summed E-state index contributed by atoms with van der Waals surface area (Å²) in [6.07, 6.45) is -0.233. The van der Waals surface area contributed by atoms with E-state index in [1.165, 1.54) is 0 Å². The minimum absolute atomic E-state index is 0.233. The van der Waals surface area contributed by atoms with Crippen molar-refractivity contribution in [1.82, 2.24) is 5.32 Å². The van der Waals surface area contributed by atoms with E-state index in [4.69, 9.17) is 4.74 Å². The van der Waals surface area contributed by atoms with Gasteiger partial charge in [0.05, 0.1) is 24.6 Å². The highest BCUT2D eigenvalue weighted by atomic mass is 32.2. The summed E-state index contributed by atoms with van der Waals surface area (Å²) in [6.45, 7) is 3.56. The van der Waals surface area contributed by atoms with Crippen LogP contribution in [0.2, 0.25) is 0 Å². The molecule has 3 nitrogen and oxygen atoms in total. The summed E-state index contributed by atoms with van der Waals surface area (Å²) in [5.41, 5.74) is 0. The normalized spacial score (nSPS) is 36.8. The minimum Gasteiger partial charge on any atom is -0.389 e. The molecule has 0 aliphatic carbocycles. The third-order valence-electron chi connectivity index (χ3n) is 2.41. The molecule has 0 saturated carbocycles. The zero-order valence-corrected chi connectivity index (χ0v) is 7.85. The molecular formula is C8H15NO2S. The summed E-state index contributed by atoms with van der Waals surface area (Å²) in [5.74, 6) is 1.99. The van der Waals surface area contributed by atoms with Crippen molar-refractivity contribution in [3.05, 3.63) is 0 Å². The van der Waals surface area contributed by atoms with E-state index in [0.29, 0.717) is 11.9 Å². The van der Waals surface area contributed by atoms with Crippen molar-refractivity contribution in [2.45, 2.75) is 11.4 Å². The van der Waals surface area contributed by atoms with Gasteiger partial charge in [0.1, 0.15) is 0 Å². The molecule has 0 amide bonds. The second-order valence-corrected chi connectivity index (χ2v) is 4.77. The van der Waals surface area contributed by atoms with Gasteiger partial charge in [-0.3, -0.25) is 0 Å². The molecule has 0 radical (unpaired) electrons. The van der Waals surface area contributed by atoms with E-state index in [1.807, 2.05) is 11.8 Å². The lowest BCUT2D eigenvalue weighted by molar-refractivity contribution is 0.127. The van der Waals surface area contributed by atoms with Crippen molar-refractivity contribution in [3.8, 4) is 0 Å². The van der Waals surface area contributed by atoms with Gasteiger partial charge in [0.25, 0.3) is 0 Å². The SMILES string of the molecule is OC1COCC1SCC1CNC1. The number of ether oxygens (including phenoxy) is 1. The van der Waals surface area contributed by atoms with Crippen molar-refractivity contribution >= 4 is 11.8 Å². The van der Waals surface area contributed by atoms with Crippen LogP contribution in [0.1, 0.15) is 0 Å². The van der Waals surface area contributed by atoms with Crippen LogP contribution in [0.25, 0.3) is 0 Å². The van der Waals surface area contributed by atoms with Gasteiger partial charge in [-0.25, -0.2) is 0 Å². The Morgan fingerprint density at radius 2 is 2.25 bits per heavy atom. The van der Waals surface area contributed by atoms with Crippen LogP contribution in [0.3, 0.4) is 0 Å². The number of hydrogen-bond donors (Lipinski definition) is 2. The first kappa shape index (κ1) is 8.81. The molecule has 4 heteroatoms. The van der Waals surface area contributed by atoms with Crippen LogP contribution in [0.4, 0.5) is 0 Å². The third kappa shape index (κ3) is 1.93. The van der Waals surface area contributed by atoms with Crippen LogP contribution < -0.4 is 5.32 Å². The molecule has 0 aromatic rings. The van der Waals surface area contributed by atoms with E-state index in [0.717, 1.165) is 31.4 Å². The Balaban J connectivity index is 1.64. The molecule has 2 saturated heterocycles. The summed E-state index contributed by atoms with van der Waals surface area (Å²) in [6, 6.07) is 0. The number of rotatable bonds is 3. The lowest BCUT2D eigenvalue weighted by atomic mass is 10.1. The Hall–Kier alpha value is 0.230. The summed E-state index contributed by atoms with van der Waals surface area (Å²) < 4.78 is 5.17. The molecule has 0 aromatic heterocycles. The Labute approximate surface area is 76.9 Å². The van der Waals surface area contributed by atoms with Crippen LogP contribution in [-0.2, 0) is 4.74 Å². The molecule has 70 valence electrons. The first-order valence-electron chi connectivity index (χ1n) is 4.44. The van der Waals surface area contributed by atoms with Crippen LogP contribution >= 0.6 is 11.8 Å². The number of aliphatic hydroxyl groups is 1. The number of aliphatic hydroxyl groups excluding tert-OH is 1. The molecule has 2 fully saturated rings. The van der Waals surface area contributed by atoms with Gasteiger partial charge >= 0.3 is 0 Å². The number of nitrogens with one attached hydrogen (secondary N) is 1. The molecule has 0 aromatic carbocycles. The topological polar surface area (TPSA) is 41.5 Å². The Bertz CT molecular complexity index is 152. The first-order valence-corrected chi connectivity index (χ1v) is 5.49. The molecule has 2 N–H and O–H groups in total. The van der Waals surface area contributed by atoms with Gasteiger partial charge in [0.15, 0.2) is 0 Å². The highest BCUT2D eigenvalue weighted by Gasteiger charge is 2.28. The molecule has 2 atom stereocenters. The van der Waals surface area contributed by atoms with Crippen LogP contribution in [-0.4, -0.2) is 48.5 Å². The monoisotopic (exact) mass is 189 g/mol. The molecule has 2 heterocycles. The smallest absolute Gasteiger partial charge is 0.0914 e. The van der Waals surface area contributed by atoms with Crippen LogP contribution in [0.15, 0.2) is 0 Å². The summed E-state index contributed by atoms with van der Waals surface area (Å²) in [5, 5.41) is 13.0. The molecule has 12 heavy (non-hydrogen) atoms. The molecule has 2 aliphatic heterocycles. The molecule has 2 rings (SSSR count). The zero-order chi connectivity index (χ0) is 8.39. The second kappa shape index (κ2) is 3.96. The van der Waals surface area contributed by atoms with Gasteiger partial charge in [0, 0.05) is 0 Å². The Morgan fingerprint density at radius 3 is 2.75 bits per heavy atom. The second-order valence-electron chi connectivity index (χ2n) is 3.50. The van der Waals surface area contributed by atoms with Crippen LogP contribution in [0.5, 0.6) is 0 Å². The van der Waals surface area contributed by atoms with E-state index in [1.54, 1.807) is 0 Å². The average Bonchev–Trinajstić information content (AvgIpc) is 2.33. The fraction of sp³-hybridized carbons (Fsp3) is 1.00. The fourth-order valence-electron chi connectivity index (χ4n) is 1.41. The molecule has 0 spiro atoms. The fourth-order valence-corrected chi connectivity index (χ4v) is 2.66. The maximum atomic E-state index is 9.43. The summed E-state index contributed by atoms with van der Waals surface area (Å²) >= 11 is 1.86. The van der Waals surface area contributed by atoms with Crippen LogP contribution in [0, 0.1) is 5.92 Å². The largest absolute Gasteiger partial charge is 0.389 e. The molecule has 2 unspecified atom stereocenters. The Morgan fingerprint density at radius 1 is 1.42 bits per heavy atom. The van der Waals surface area contributed by atoms with Crippen molar-refractivity contribution in [1.29, 1.82) is 0 Å². The van der Waals surface area contributed by atoms with E-state index in [2.05, 4.69) is 5.32 Å². The third-order valence-corrected chi connectivity index (χ3v) is 3.95. The van der Waals surface area contributed by atoms with Crippen molar-refractivity contribution in [3.63, 3.8) is 0 Å². The summed E-state index contributed by atoms with van der Waals surface area (Å²) in [4.78, 5) is 0. The molecule has 2 aliphatic rings. The standard InChI is InChI=1S/C8H15NO2S/c10-7-3-11-4-8(7)12-5-6-1-9-2-6/h6-10H,1-5H2. The first-order chi connectivity index (χ1) is 5.86. The lowest BCUT2D eigenvalue weighted by Crippen LogP contribution is -2.43. The highest BCUT2D eigenvalue weighted by molar-refractivity contribution is 8.00. The van der Waals surface area contributed by atoms with Gasteiger partial charge in [-0.1, -0.05) is 0 Å². The van der Waals surface area contributed by atoms with E-state index in [9.17, 15) is 5.11 Å². The highest BCUT2D eigenvalue weighted by Crippen LogP contribution is 2.24. The lowest BCUT2D eigenvalue weighted by Gasteiger charge is -2.27. The maximum Gasteiger partial charge on any atom is 0.0914 e. The van der Waals surface area contributed by atoms with Gasteiger partial charge in [-0.05, 0) is 24.8 Å².